The first-order chi connectivity index (χ1) is 17.8. The lowest BCUT2D eigenvalue weighted by atomic mass is 10.2. The monoisotopic (exact) mass is 549 g/mol. The number of thioether (sulfide) groups is 1. The van der Waals surface area contributed by atoms with Crippen molar-refractivity contribution in [2.45, 2.75) is 43.6 Å². The number of ether oxygens (including phenoxy) is 5. The van der Waals surface area contributed by atoms with Crippen molar-refractivity contribution >= 4 is 35.3 Å². The number of likely N-dealkylation sites (N-methyl/N-ethyl adjacent to an activating group) is 1. The van der Waals surface area contributed by atoms with Gasteiger partial charge in [-0.1, -0.05) is 0 Å². The van der Waals surface area contributed by atoms with Crippen LogP contribution in [0.15, 0.2) is 0 Å². The number of rotatable bonds is 23. The number of carbonyl (C=O) groups is 4. The van der Waals surface area contributed by atoms with Gasteiger partial charge in [0.15, 0.2) is 0 Å². The van der Waals surface area contributed by atoms with E-state index >= 15 is 0 Å². The highest BCUT2D eigenvalue weighted by Crippen LogP contribution is 2.26. The van der Waals surface area contributed by atoms with Gasteiger partial charge in [0.1, 0.15) is 11.9 Å². The maximum Gasteiger partial charge on any atom is 0.242 e. The zero-order valence-electron chi connectivity index (χ0n) is 22.5. The molecule has 1 heterocycles. The van der Waals surface area contributed by atoms with Crippen molar-refractivity contribution in [3.63, 3.8) is 0 Å². The van der Waals surface area contributed by atoms with Crippen LogP contribution in [0.2, 0.25) is 0 Å². The Kier molecular flexibility index (Phi) is 18.4. The van der Waals surface area contributed by atoms with Gasteiger partial charge < -0.3 is 34.3 Å². The van der Waals surface area contributed by atoms with Crippen molar-refractivity contribution < 1.29 is 42.9 Å². The van der Waals surface area contributed by atoms with Crippen molar-refractivity contribution in [1.29, 1.82) is 0 Å². The van der Waals surface area contributed by atoms with E-state index in [-0.39, 0.29) is 55.0 Å². The molecule has 3 atom stereocenters. The molecule has 12 nitrogen and oxygen atoms in total. The molecule has 214 valence electrons. The number of hydrogen-bond donors (Lipinski definition) is 2. The number of methoxy groups -OCH3 is 2. The molecular weight excluding hydrogens is 506 g/mol. The van der Waals surface area contributed by atoms with Gasteiger partial charge in [-0.05, 0) is 20.4 Å². The molecule has 3 amide bonds. The molecule has 13 heteroatoms. The van der Waals surface area contributed by atoms with Gasteiger partial charge in [-0.2, -0.15) is 0 Å². The molecule has 2 unspecified atom stereocenters. The largest absolute Gasteiger partial charge is 0.382 e. The fourth-order valence-electron chi connectivity index (χ4n) is 3.35. The van der Waals surface area contributed by atoms with Crippen molar-refractivity contribution in [1.82, 2.24) is 15.5 Å². The van der Waals surface area contributed by atoms with Crippen LogP contribution in [0.25, 0.3) is 0 Å². The second-order valence-corrected chi connectivity index (χ2v) is 9.68. The molecular formula is C24H43N3O9S. The van der Waals surface area contributed by atoms with Gasteiger partial charge in [-0.25, -0.2) is 0 Å². The minimum atomic E-state index is -0.518. The topological polar surface area (TPSA) is 142 Å². The average Bonchev–Trinajstić information content (AvgIpc) is 3.14. The number of nitrogens with zero attached hydrogens (tertiary/aromatic N) is 1. The number of carbonyl (C=O) groups excluding carboxylic acids is 4. The molecule has 0 bridgehead atoms. The minimum Gasteiger partial charge on any atom is -0.382 e. The molecule has 0 aromatic rings. The number of likely N-dealkylation sites (tertiary alicyclic amines) is 1. The Morgan fingerprint density at radius 3 is 2.38 bits per heavy atom. The molecule has 0 aromatic heterocycles. The Morgan fingerprint density at radius 2 is 1.73 bits per heavy atom. The van der Waals surface area contributed by atoms with E-state index < -0.39 is 5.25 Å². The lowest BCUT2D eigenvalue weighted by molar-refractivity contribution is -0.138. The summed E-state index contributed by atoms with van der Waals surface area (Å²) in [5, 5.41) is 5.16. The quantitative estimate of drug-likeness (QED) is 0.127. The van der Waals surface area contributed by atoms with Crippen molar-refractivity contribution in [3.8, 4) is 0 Å². The van der Waals surface area contributed by atoms with E-state index in [0.717, 1.165) is 4.90 Å². The van der Waals surface area contributed by atoms with E-state index in [1.807, 2.05) is 0 Å². The summed E-state index contributed by atoms with van der Waals surface area (Å²) < 4.78 is 26.8. The Morgan fingerprint density at radius 1 is 1.05 bits per heavy atom. The average molecular weight is 550 g/mol. The smallest absolute Gasteiger partial charge is 0.242 e. The number of Topliss-reactive ketones (excluding diaryl/α,β-unsaturated/α-hetero) is 1. The molecule has 2 N–H and O–H groups in total. The van der Waals surface area contributed by atoms with Crippen molar-refractivity contribution in [2.24, 2.45) is 0 Å². The first-order valence-corrected chi connectivity index (χ1v) is 13.5. The molecule has 1 rings (SSSR count). The normalized spacial score (nSPS) is 17.3. The van der Waals surface area contributed by atoms with E-state index in [1.165, 1.54) is 18.7 Å². The predicted octanol–water partition coefficient (Wildman–Crippen LogP) is -0.368. The van der Waals surface area contributed by atoms with E-state index in [9.17, 15) is 19.2 Å². The van der Waals surface area contributed by atoms with Crippen LogP contribution in [-0.4, -0.2) is 132 Å². The van der Waals surface area contributed by atoms with E-state index in [1.54, 1.807) is 21.3 Å². The van der Waals surface area contributed by atoms with Crippen LogP contribution in [0.1, 0.15) is 26.2 Å². The number of ketones is 1. The Balaban J connectivity index is 2.23. The summed E-state index contributed by atoms with van der Waals surface area (Å²) in [6.45, 7) is 4.98. The third kappa shape index (κ3) is 14.2. The molecule has 1 saturated heterocycles. The third-order valence-electron chi connectivity index (χ3n) is 5.54. The zero-order valence-corrected chi connectivity index (χ0v) is 23.3. The molecule has 0 aromatic carbocycles. The second-order valence-electron chi connectivity index (χ2n) is 8.44. The lowest BCUT2D eigenvalue weighted by Gasteiger charge is -2.18. The Labute approximate surface area is 223 Å². The van der Waals surface area contributed by atoms with Crippen LogP contribution in [-0.2, 0) is 42.9 Å². The number of imide groups is 1. The summed E-state index contributed by atoms with van der Waals surface area (Å²) in [5.74, 6) is -0.444. The van der Waals surface area contributed by atoms with Gasteiger partial charge in [0.2, 0.25) is 17.7 Å². The maximum absolute atomic E-state index is 12.6. The highest BCUT2D eigenvalue weighted by atomic mass is 32.2. The molecule has 0 saturated carbocycles. The van der Waals surface area contributed by atoms with Gasteiger partial charge >= 0.3 is 0 Å². The molecule has 0 spiro atoms. The first-order valence-electron chi connectivity index (χ1n) is 12.5. The fourth-order valence-corrected chi connectivity index (χ4v) is 4.71. The third-order valence-corrected chi connectivity index (χ3v) is 6.83. The molecule has 0 radical (unpaired) electrons. The highest BCUT2D eigenvalue weighted by molar-refractivity contribution is 8.00. The second kappa shape index (κ2) is 20.4. The molecule has 1 aliphatic heterocycles. The van der Waals surface area contributed by atoms with Crippen molar-refractivity contribution in [3.05, 3.63) is 0 Å². The highest BCUT2D eigenvalue weighted by Gasteiger charge is 2.39. The standard InChI is InChI=1S/C24H43N3O9S/c1-18(28)20(25-2)17-37-21-14-23(30)27(24(21)31)8-6-22(29)26-7-5-9-34-15-19(36-13-11-33-4)16-35-12-10-32-3/h19-21,25H,5-17H2,1-4H3,(H,26,29)/t19?,20-,21?/m0/s1. The van der Waals surface area contributed by atoms with Crippen LogP contribution in [0.3, 0.4) is 0 Å². The van der Waals surface area contributed by atoms with Crippen LogP contribution in [0.4, 0.5) is 0 Å². The number of amides is 3. The summed E-state index contributed by atoms with van der Waals surface area (Å²) in [6, 6.07) is -0.361. The SMILES string of the molecule is CN[C@@H](CSC1CC(=O)N(CCC(=O)NCCCOCC(COCCOC)OCCOC)C1=O)C(C)=O. The molecule has 37 heavy (non-hydrogen) atoms. The predicted molar refractivity (Wildman–Crippen MR) is 138 cm³/mol. The molecule has 1 fully saturated rings. The maximum atomic E-state index is 12.6. The molecule has 0 aliphatic carbocycles. The zero-order chi connectivity index (χ0) is 27.5. The summed E-state index contributed by atoms with van der Waals surface area (Å²) in [4.78, 5) is 49.7. The van der Waals surface area contributed by atoms with Crippen LogP contribution in [0.5, 0.6) is 0 Å². The Bertz CT molecular complexity index is 698. The summed E-state index contributed by atoms with van der Waals surface area (Å²) in [5.41, 5.74) is 0. The summed E-state index contributed by atoms with van der Waals surface area (Å²) >= 11 is 1.29. The lowest BCUT2D eigenvalue weighted by Crippen LogP contribution is -2.37. The van der Waals surface area contributed by atoms with Gasteiger partial charge in [0, 0.05) is 52.5 Å². The first kappa shape index (κ1) is 33.4. The Hall–Kier alpha value is -1.61. The number of nitrogens with one attached hydrogen (secondary N) is 2. The van der Waals surface area contributed by atoms with Gasteiger partial charge in [-0.3, -0.25) is 24.1 Å². The number of hydrogen-bond acceptors (Lipinski definition) is 11. The summed E-state index contributed by atoms with van der Waals surface area (Å²) in [7, 11) is 4.90. The van der Waals surface area contributed by atoms with E-state index in [4.69, 9.17) is 23.7 Å². The van der Waals surface area contributed by atoms with Gasteiger partial charge in [-0.15, -0.1) is 11.8 Å². The van der Waals surface area contributed by atoms with Crippen LogP contribution < -0.4 is 10.6 Å². The van der Waals surface area contributed by atoms with Gasteiger partial charge in [0.25, 0.3) is 0 Å². The van der Waals surface area contributed by atoms with Crippen LogP contribution >= 0.6 is 11.8 Å². The summed E-state index contributed by atoms with van der Waals surface area (Å²) in [6.07, 6.45) is 0.496. The minimum absolute atomic E-state index is 0.0205. The fraction of sp³-hybridized carbons (Fsp3) is 0.833. The molecule has 1 aliphatic rings. The van der Waals surface area contributed by atoms with Gasteiger partial charge in [0.05, 0.1) is 50.9 Å². The van der Waals surface area contributed by atoms with E-state index in [2.05, 4.69) is 10.6 Å². The van der Waals surface area contributed by atoms with E-state index in [0.29, 0.717) is 65.0 Å². The van der Waals surface area contributed by atoms with Crippen molar-refractivity contribution in [2.75, 3.05) is 86.4 Å². The van der Waals surface area contributed by atoms with Crippen LogP contribution in [0, 0.1) is 0 Å².